The highest BCUT2D eigenvalue weighted by Crippen LogP contribution is 2.20. The molecule has 0 radical (unpaired) electrons. The summed E-state index contributed by atoms with van der Waals surface area (Å²) in [6, 6.07) is 0.450. The maximum absolute atomic E-state index is 11.9. The van der Waals surface area contributed by atoms with E-state index >= 15 is 0 Å². The first-order chi connectivity index (χ1) is 5.04. The van der Waals surface area contributed by atoms with Crippen molar-refractivity contribution in [2.45, 2.75) is 32.7 Å². The maximum Gasteiger partial charge on any atom is 0.0150 e. The molecule has 1 rings (SSSR count). The second-order valence-corrected chi connectivity index (χ2v) is 6.80. The summed E-state index contributed by atoms with van der Waals surface area (Å²) in [7, 11) is -1.92. The van der Waals surface area contributed by atoms with Gasteiger partial charge in [0.2, 0.25) is 0 Å². The van der Waals surface area contributed by atoms with Crippen molar-refractivity contribution < 1.29 is 4.21 Å². The van der Waals surface area contributed by atoms with Gasteiger partial charge in [0.1, 0.15) is 0 Å². The van der Waals surface area contributed by atoms with E-state index in [9.17, 15) is 4.21 Å². The van der Waals surface area contributed by atoms with Crippen LogP contribution in [0.1, 0.15) is 26.7 Å². The monoisotopic (exact) mass is 177 g/mol. The maximum atomic E-state index is 11.9. The summed E-state index contributed by atoms with van der Waals surface area (Å²) in [6.45, 7) is 5.29. The van der Waals surface area contributed by atoms with Gasteiger partial charge >= 0.3 is 0 Å². The molecule has 1 aliphatic rings. The molecule has 0 saturated carbocycles. The van der Waals surface area contributed by atoms with Crippen LogP contribution in [0.2, 0.25) is 0 Å². The van der Waals surface area contributed by atoms with Crippen LogP contribution in [0.15, 0.2) is 0 Å². The fourth-order valence-corrected chi connectivity index (χ4v) is 4.37. The van der Waals surface area contributed by atoms with Gasteiger partial charge in [-0.25, -0.2) is 4.31 Å². The van der Waals surface area contributed by atoms with Crippen molar-refractivity contribution in [1.82, 2.24) is 4.31 Å². The molecule has 3 heteroatoms. The summed E-state index contributed by atoms with van der Waals surface area (Å²) >= 11 is 0. The van der Waals surface area contributed by atoms with Crippen LogP contribution in [-0.4, -0.2) is 33.1 Å². The highest BCUT2D eigenvalue weighted by Gasteiger charge is 2.24. The molecule has 1 heterocycles. The molecule has 0 aromatic carbocycles. The highest BCUT2D eigenvalue weighted by molar-refractivity contribution is 8.00. The molecular formula is C8H19NOS. The summed E-state index contributed by atoms with van der Waals surface area (Å²) in [5.41, 5.74) is 0. The SMILES string of the molecule is CC(C)N1CCCC[SH]1(C)=O. The van der Waals surface area contributed by atoms with Crippen molar-refractivity contribution in [1.29, 1.82) is 0 Å². The van der Waals surface area contributed by atoms with Crippen molar-refractivity contribution in [2.24, 2.45) is 0 Å². The van der Waals surface area contributed by atoms with E-state index in [0.29, 0.717) is 6.04 Å². The molecule has 1 fully saturated rings. The summed E-state index contributed by atoms with van der Waals surface area (Å²) < 4.78 is 14.1. The number of hydrogen-bond acceptors (Lipinski definition) is 1. The zero-order chi connectivity index (χ0) is 8.48. The minimum atomic E-state index is -1.92. The van der Waals surface area contributed by atoms with E-state index in [1.807, 2.05) is 6.26 Å². The quantitative estimate of drug-likeness (QED) is 0.594. The normalized spacial score (nSPS) is 28.7. The zero-order valence-corrected chi connectivity index (χ0v) is 8.60. The van der Waals surface area contributed by atoms with Crippen LogP contribution < -0.4 is 0 Å². The van der Waals surface area contributed by atoms with E-state index in [1.54, 1.807) is 0 Å². The molecule has 68 valence electrons. The predicted octanol–water partition coefficient (Wildman–Crippen LogP) is 1.05. The second kappa shape index (κ2) is 3.23. The Labute approximate surface area is 70.5 Å². The predicted molar refractivity (Wildman–Crippen MR) is 51.4 cm³/mol. The van der Waals surface area contributed by atoms with Gasteiger partial charge in [0.05, 0.1) is 0 Å². The van der Waals surface area contributed by atoms with Gasteiger partial charge in [-0.15, -0.1) is 0 Å². The molecule has 1 aliphatic heterocycles. The number of rotatable bonds is 1. The lowest BCUT2D eigenvalue weighted by Gasteiger charge is -2.40. The summed E-state index contributed by atoms with van der Waals surface area (Å²) in [4.78, 5) is 0. The van der Waals surface area contributed by atoms with Crippen molar-refractivity contribution >= 4 is 10.1 Å². The molecule has 1 saturated heterocycles. The first-order valence-electron chi connectivity index (χ1n) is 4.38. The molecule has 0 spiro atoms. The molecule has 0 aliphatic carbocycles. The average molecular weight is 177 g/mol. The summed E-state index contributed by atoms with van der Waals surface area (Å²) in [5, 5.41) is 0. The Morgan fingerprint density at radius 1 is 1.36 bits per heavy atom. The van der Waals surface area contributed by atoms with Crippen LogP contribution in [0.25, 0.3) is 0 Å². The van der Waals surface area contributed by atoms with Crippen LogP contribution in [0.4, 0.5) is 0 Å². The van der Waals surface area contributed by atoms with Gasteiger partial charge in [0.15, 0.2) is 0 Å². The fourth-order valence-electron chi connectivity index (χ4n) is 1.77. The van der Waals surface area contributed by atoms with Crippen LogP contribution in [0, 0.1) is 0 Å². The van der Waals surface area contributed by atoms with Crippen molar-refractivity contribution in [2.75, 3.05) is 18.6 Å². The van der Waals surface area contributed by atoms with Crippen LogP contribution in [0.5, 0.6) is 0 Å². The lowest BCUT2D eigenvalue weighted by molar-refractivity contribution is 0.348. The van der Waals surface area contributed by atoms with E-state index in [0.717, 1.165) is 18.7 Å². The lowest BCUT2D eigenvalue weighted by atomic mass is 10.3. The van der Waals surface area contributed by atoms with Gasteiger partial charge in [0.25, 0.3) is 0 Å². The highest BCUT2D eigenvalue weighted by atomic mass is 32.3. The van der Waals surface area contributed by atoms with Crippen LogP contribution >= 0.6 is 0 Å². The fraction of sp³-hybridized carbons (Fsp3) is 1.00. The third-order valence-corrected chi connectivity index (χ3v) is 5.24. The molecule has 0 amide bonds. The van der Waals surface area contributed by atoms with Gasteiger partial charge in [-0.3, -0.25) is 4.21 Å². The number of hydrogen-bond donors (Lipinski definition) is 1. The standard InChI is InChI=1S/C8H19NOS/c1-8(2)9-6-4-5-7-11(9,3)10/h8,11H,4-7H2,1-3H3. The van der Waals surface area contributed by atoms with Crippen molar-refractivity contribution in [3.8, 4) is 0 Å². The third-order valence-electron chi connectivity index (χ3n) is 2.35. The average Bonchev–Trinajstić information content (AvgIpc) is 1.85. The van der Waals surface area contributed by atoms with E-state index in [-0.39, 0.29) is 0 Å². The van der Waals surface area contributed by atoms with Crippen molar-refractivity contribution in [3.63, 3.8) is 0 Å². The Hall–Kier alpha value is 0.110. The Balaban J connectivity index is 2.68. The molecular weight excluding hydrogens is 158 g/mol. The lowest BCUT2D eigenvalue weighted by Crippen LogP contribution is -2.46. The molecule has 0 atom stereocenters. The summed E-state index contributed by atoms with van der Waals surface area (Å²) in [6.07, 6.45) is 4.29. The molecule has 0 bridgehead atoms. The van der Waals surface area contributed by atoms with Gasteiger partial charge in [-0.1, -0.05) is 10.1 Å². The van der Waals surface area contributed by atoms with Gasteiger partial charge in [-0.2, -0.15) is 0 Å². The second-order valence-electron chi connectivity index (χ2n) is 3.74. The molecule has 0 aromatic heterocycles. The topological polar surface area (TPSA) is 20.3 Å². The molecule has 0 unspecified atom stereocenters. The van der Waals surface area contributed by atoms with Crippen molar-refractivity contribution in [3.05, 3.63) is 0 Å². The minimum Gasteiger partial charge on any atom is -0.271 e. The zero-order valence-electron chi connectivity index (χ0n) is 7.71. The Kier molecular flexibility index (Phi) is 2.70. The van der Waals surface area contributed by atoms with E-state index in [1.165, 1.54) is 6.42 Å². The summed E-state index contributed by atoms with van der Waals surface area (Å²) in [5.74, 6) is 0.922. The van der Waals surface area contributed by atoms with Gasteiger partial charge < -0.3 is 0 Å². The smallest absolute Gasteiger partial charge is 0.0150 e. The number of nitrogens with zero attached hydrogens (tertiary/aromatic N) is 1. The number of thiol groups is 1. The minimum absolute atomic E-state index is 0.450. The Bertz CT molecular complexity index is 179. The van der Waals surface area contributed by atoms with Gasteiger partial charge in [-0.05, 0) is 26.7 Å². The first-order valence-corrected chi connectivity index (χ1v) is 6.67. The first kappa shape index (κ1) is 9.20. The Morgan fingerprint density at radius 2 is 2.00 bits per heavy atom. The molecule has 0 aromatic rings. The largest absolute Gasteiger partial charge is 0.271 e. The van der Waals surface area contributed by atoms with E-state index < -0.39 is 10.1 Å². The Morgan fingerprint density at radius 3 is 2.36 bits per heavy atom. The van der Waals surface area contributed by atoms with Crippen LogP contribution in [-0.2, 0) is 10.1 Å². The van der Waals surface area contributed by atoms with E-state index in [4.69, 9.17) is 0 Å². The van der Waals surface area contributed by atoms with E-state index in [2.05, 4.69) is 18.2 Å². The van der Waals surface area contributed by atoms with Gasteiger partial charge in [0, 0.05) is 24.6 Å². The van der Waals surface area contributed by atoms with Crippen LogP contribution in [0.3, 0.4) is 0 Å². The molecule has 11 heavy (non-hydrogen) atoms. The molecule has 0 N–H and O–H groups in total. The third kappa shape index (κ3) is 2.03. The molecule has 2 nitrogen and oxygen atoms in total.